The highest BCUT2D eigenvalue weighted by molar-refractivity contribution is 5.96. The summed E-state index contributed by atoms with van der Waals surface area (Å²) >= 11 is 0. The lowest BCUT2D eigenvalue weighted by atomic mass is 10.1. The maximum Gasteiger partial charge on any atom is 0.195 e. The number of nitrogens with zero attached hydrogens (tertiary/aromatic N) is 1. The van der Waals surface area contributed by atoms with Crippen LogP contribution in [0.3, 0.4) is 0 Å². The third-order valence-electron chi connectivity index (χ3n) is 3.17. The fourth-order valence-corrected chi connectivity index (χ4v) is 1.91. The zero-order valence-corrected chi connectivity index (χ0v) is 12.0. The summed E-state index contributed by atoms with van der Waals surface area (Å²) in [6.07, 6.45) is 3.65. The Morgan fingerprint density at radius 2 is 1.55 bits per heavy atom. The molecule has 1 N–H and O–H groups in total. The molecule has 0 aliphatic carbocycles. The van der Waals surface area contributed by atoms with Gasteiger partial charge < -0.3 is 4.90 Å². The van der Waals surface area contributed by atoms with Crippen LogP contribution >= 0.6 is 0 Å². The van der Waals surface area contributed by atoms with E-state index < -0.39 is 17.5 Å². The van der Waals surface area contributed by atoms with Gasteiger partial charge >= 0.3 is 0 Å². The molecular weight excluding hydrogens is 265 g/mol. The molecule has 0 aromatic heterocycles. The SMILES string of the molecule is CCCCN(CCCC)C(=N)c1ccc(F)c(F)c1F. The normalized spacial score (nSPS) is 10.7. The van der Waals surface area contributed by atoms with Gasteiger partial charge in [0.25, 0.3) is 0 Å². The monoisotopic (exact) mass is 286 g/mol. The van der Waals surface area contributed by atoms with E-state index in [1.807, 2.05) is 13.8 Å². The second kappa shape index (κ2) is 7.92. The maximum absolute atomic E-state index is 13.7. The Hall–Kier alpha value is -1.52. The van der Waals surface area contributed by atoms with E-state index in [4.69, 9.17) is 5.41 Å². The summed E-state index contributed by atoms with van der Waals surface area (Å²) < 4.78 is 39.9. The van der Waals surface area contributed by atoms with E-state index in [-0.39, 0.29) is 11.4 Å². The van der Waals surface area contributed by atoms with Crippen molar-refractivity contribution in [1.29, 1.82) is 5.41 Å². The van der Waals surface area contributed by atoms with Gasteiger partial charge in [0.05, 0.1) is 5.56 Å². The minimum absolute atomic E-state index is 0.0803. The van der Waals surface area contributed by atoms with Crippen LogP contribution < -0.4 is 0 Å². The van der Waals surface area contributed by atoms with Crippen LogP contribution in [-0.4, -0.2) is 23.8 Å². The Morgan fingerprint density at radius 3 is 2.05 bits per heavy atom. The minimum Gasteiger partial charge on any atom is -0.357 e. The van der Waals surface area contributed by atoms with Gasteiger partial charge in [-0.3, -0.25) is 5.41 Å². The number of hydrogen-bond donors (Lipinski definition) is 1. The van der Waals surface area contributed by atoms with Crippen LogP contribution in [0.5, 0.6) is 0 Å². The van der Waals surface area contributed by atoms with E-state index in [1.165, 1.54) is 0 Å². The summed E-state index contributed by atoms with van der Waals surface area (Å²) in [5, 5.41) is 8.05. The minimum atomic E-state index is -1.52. The zero-order chi connectivity index (χ0) is 15.1. The van der Waals surface area contributed by atoms with Gasteiger partial charge in [0.1, 0.15) is 5.84 Å². The van der Waals surface area contributed by atoms with Gasteiger partial charge in [-0.2, -0.15) is 0 Å². The van der Waals surface area contributed by atoms with Crippen molar-refractivity contribution < 1.29 is 13.2 Å². The predicted molar refractivity (Wildman–Crippen MR) is 74.5 cm³/mol. The number of unbranched alkanes of at least 4 members (excludes halogenated alkanes) is 2. The second-order valence-electron chi connectivity index (χ2n) is 4.77. The van der Waals surface area contributed by atoms with Gasteiger partial charge in [-0.1, -0.05) is 26.7 Å². The highest BCUT2D eigenvalue weighted by Gasteiger charge is 2.20. The highest BCUT2D eigenvalue weighted by atomic mass is 19.2. The Labute approximate surface area is 118 Å². The van der Waals surface area contributed by atoms with E-state index in [1.54, 1.807) is 4.90 Å². The van der Waals surface area contributed by atoms with Crippen LogP contribution in [0.1, 0.15) is 45.1 Å². The molecule has 0 saturated heterocycles. The summed E-state index contributed by atoms with van der Waals surface area (Å²) in [6, 6.07) is 1.99. The molecule has 0 atom stereocenters. The lowest BCUT2D eigenvalue weighted by molar-refractivity contribution is 0.392. The molecule has 0 amide bonds. The van der Waals surface area contributed by atoms with Crippen molar-refractivity contribution in [2.24, 2.45) is 0 Å². The maximum atomic E-state index is 13.7. The molecule has 0 aliphatic rings. The molecule has 112 valence electrons. The molecule has 1 aromatic rings. The Morgan fingerprint density at radius 1 is 1.00 bits per heavy atom. The molecule has 0 bridgehead atoms. The average molecular weight is 286 g/mol. The lowest BCUT2D eigenvalue weighted by Gasteiger charge is -2.25. The topological polar surface area (TPSA) is 27.1 Å². The number of rotatable bonds is 7. The lowest BCUT2D eigenvalue weighted by Crippen LogP contribution is -2.33. The van der Waals surface area contributed by atoms with Crippen LogP contribution in [0.4, 0.5) is 13.2 Å². The molecule has 0 aliphatic heterocycles. The first kappa shape index (κ1) is 16.5. The van der Waals surface area contributed by atoms with Crippen LogP contribution in [-0.2, 0) is 0 Å². The first-order chi connectivity index (χ1) is 9.52. The highest BCUT2D eigenvalue weighted by Crippen LogP contribution is 2.17. The number of nitrogens with one attached hydrogen (secondary N) is 1. The quantitative estimate of drug-likeness (QED) is 0.451. The first-order valence-electron chi connectivity index (χ1n) is 7.00. The van der Waals surface area contributed by atoms with Gasteiger partial charge in [-0.05, 0) is 25.0 Å². The molecule has 1 rings (SSSR count). The molecule has 0 saturated carbocycles. The predicted octanol–water partition coefficient (Wildman–Crippen LogP) is 4.33. The van der Waals surface area contributed by atoms with Gasteiger partial charge in [-0.15, -0.1) is 0 Å². The third-order valence-corrected chi connectivity index (χ3v) is 3.17. The van der Waals surface area contributed by atoms with Gasteiger partial charge in [0.2, 0.25) is 0 Å². The molecule has 0 radical (unpaired) electrons. The summed E-state index contributed by atoms with van der Waals surface area (Å²) in [4.78, 5) is 1.72. The fraction of sp³-hybridized carbons (Fsp3) is 0.533. The smallest absolute Gasteiger partial charge is 0.195 e. The van der Waals surface area contributed by atoms with Crippen molar-refractivity contribution in [2.45, 2.75) is 39.5 Å². The molecule has 20 heavy (non-hydrogen) atoms. The number of halogens is 3. The molecule has 2 nitrogen and oxygen atoms in total. The zero-order valence-electron chi connectivity index (χ0n) is 12.0. The number of hydrogen-bond acceptors (Lipinski definition) is 1. The standard InChI is InChI=1S/C15H21F3N2/c1-3-5-9-20(10-6-4-2)15(19)11-7-8-12(16)14(18)13(11)17/h7-8,19H,3-6,9-10H2,1-2H3. The van der Waals surface area contributed by atoms with Crippen LogP contribution in [0.15, 0.2) is 12.1 Å². The Bertz CT molecular complexity index is 453. The molecule has 1 aromatic carbocycles. The van der Waals surface area contributed by atoms with Crippen LogP contribution in [0.2, 0.25) is 0 Å². The summed E-state index contributed by atoms with van der Waals surface area (Å²) in [5.41, 5.74) is -0.184. The van der Waals surface area contributed by atoms with E-state index in [0.29, 0.717) is 13.1 Å². The molecular formula is C15H21F3N2. The van der Waals surface area contributed by atoms with Crippen molar-refractivity contribution in [3.8, 4) is 0 Å². The fourth-order valence-electron chi connectivity index (χ4n) is 1.91. The molecule has 0 fully saturated rings. The molecule has 0 heterocycles. The summed E-state index contributed by atoms with van der Waals surface area (Å²) in [7, 11) is 0. The van der Waals surface area contributed by atoms with Gasteiger partial charge in [0.15, 0.2) is 17.5 Å². The van der Waals surface area contributed by atoms with Crippen LogP contribution in [0, 0.1) is 22.9 Å². The van der Waals surface area contributed by atoms with Crippen molar-refractivity contribution in [1.82, 2.24) is 4.90 Å². The summed E-state index contributed by atoms with van der Waals surface area (Å²) in [5.74, 6) is -4.11. The van der Waals surface area contributed by atoms with E-state index in [2.05, 4.69) is 0 Å². The Balaban J connectivity index is 2.96. The molecule has 0 spiro atoms. The molecule has 0 unspecified atom stereocenters. The summed E-state index contributed by atoms with van der Waals surface area (Å²) in [6.45, 7) is 5.29. The number of amidine groups is 1. The van der Waals surface area contributed by atoms with Crippen LogP contribution in [0.25, 0.3) is 0 Å². The third kappa shape index (κ3) is 3.99. The van der Waals surface area contributed by atoms with Gasteiger partial charge in [-0.25, -0.2) is 13.2 Å². The van der Waals surface area contributed by atoms with Crippen molar-refractivity contribution in [3.63, 3.8) is 0 Å². The second-order valence-corrected chi connectivity index (χ2v) is 4.77. The van der Waals surface area contributed by atoms with E-state index in [9.17, 15) is 13.2 Å². The van der Waals surface area contributed by atoms with E-state index in [0.717, 1.165) is 37.8 Å². The molecule has 5 heteroatoms. The Kier molecular flexibility index (Phi) is 6.55. The largest absolute Gasteiger partial charge is 0.357 e. The van der Waals surface area contributed by atoms with Crippen molar-refractivity contribution in [2.75, 3.05) is 13.1 Å². The van der Waals surface area contributed by atoms with Gasteiger partial charge in [0, 0.05) is 13.1 Å². The first-order valence-corrected chi connectivity index (χ1v) is 7.00. The van der Waals surface area contributed by atoms with Crippen molar-refractivity contribution >= 4 is 5.84 Å². The average Bonchev–Trinajstić information content (AvgIpc) is 2.44. The van der Waals surface area contributed by atoms with E-state index >= 15 is 0 Å². The number of benzene rings is 1. The van der Waals surface area contributed by atoms with Crippen molar-refractivity contribution in [3.05, 3.63) is 35.1 Å².